The molecular formula is C62H68N4O11. The number of oxime groups is 1. The number of benzene rings is 5. The standard InChI is InChI=1S/C62H68N4O11/c1-3-33-75-62-58(65(39-48-21-14-20-46-18-7-8-23-52(46)48)61(69)73-35-34-72-40-44-16-5-4-6-17-44)38-56(64-76-41-45-25-27-50(28-26-45)66(70)71)54-36-47(19-9-11-31-67)53(24-10-12-32-68)59(60(54)62)55-37-51(29-30-57(55)77-62)74-42-49-22-13-15-43(2)63-49/h3-8,13-18,20-23,25-30,36-37,47,53,58-60,67-68H,1,9-12,19,24,31-35,38-42H2,2H3. The molecule has 1 aliphatic heterocycles. The SMILES string of the molecule is C=CCOC12Oc3ccc(OCc4cccc(C)n4)cc3C3C(CCCCO)C(CCCCO)C=C(C(=NOCc4ccc([N+](=O)[O-])cc4)CC1N(Cc1cccc4ccccc14)C(=O)OCCOCc1ccccc1)C32. The van der Waals surface area contributed by atoms with E-state index in [0.717, 1.165) is 70.1 Å². The Balaban J connectivity index is 1.20. The molecule has 6 aromatic rings. The van der Waals surface area contributed by atoms with Gasteiger partial charge in [0, 0.05) is 48.9 Å². The Bertz CT molecular complexity index is 3020. The lowest BCUT2D eigenvalue weighted by atomic mass is 9.55. The second-order valence-corrected chi connectivity index (χ2v) is 19.9. The number of rotatable bonds is 26. The summed E-state index contributed by atoms with van der Waals surface area (Å²) in [5.41, 5.74) is 6.51. The number of unbranched alkanes of at least 4 members (excludes halogenated alkanes) is 2. The third kappa shape index (κ3) is 12.9. The van der Waals surface area contributed by atoms with Crippen LogP contribution < -0.4 is 9.47 Å². The van der Waals surface area contributed by atoms with Crippen LogP contribution in [0.25, 0.3) is 10.8 Å². The molecule has 15 heteroatoms. The van der Waals surface area contributed by atoms with E-state index < -0.39 is 28.8 Å². The molecule has 2 aliphatic carbocycles. The molecule has 77 heavy (non-hydrogen) atoms. The fraction of sp³-hybridized carbons (Fsp3) is 0.371. The third-order valence-corrected chi connectivity index (χ3v) is 14.9. The molecule has 9 rings (SSSR count). The van der Waals surface area contributed by atoms with Gasteiger partial charge in [0.2, 0.25) is 5.79 Å². The number of hydrogen-bond acceptors (Lipinski definition) is 13. The lowest BCUT2D eigenvalue weighted by Crippen LogP contribution is -2.70. The van der Waals surface area contributed by atoms with Gasteiger partial charge in [0.05, 0.1) is 48.6 Å². The molecule has 3 aliphatic rings. The number of aryl methyl sites for hydroxylation is 1. The van der Waals surface area contributed by atoms with Crippen LogP contribution >= 0.6 is 0 Å². The van der Waals surface area contributed by atoms with Crippen molar-refractivity contribution in [1.29, 1.82) is 0 Å². The van der Waals surface area contributed by atoms with Crippen LogP contribution in [-0.2, 0) is 45.4 Å². The van der Waals surface area contributed by atoms with Gasteiger partial charge in [-0.05, 0) is 120 Å². The van der Waals surface area contributed by atoms with Crippen LogP contribution in [0, 0.1) is 34.8 Å². The number of allylic oxidation sites excluding steroid dienone is 1. The molecule has 1 saturated carbocycles. The van der Waals surface area contributed by atoms with Gasteiger partial charge in [0.25, 0.3) is 5.69 Å². The van der Waals surface area contributed by atoms with Gasteiger partial charge < -0.3 is 38.7 Å². The molecule has 0 bridgehead atoms. The third-order valence-electron chi connectivity index (χ3n) is 14.9. The Morgan fingerprint density at radius 1 is 0.870 bits per heavy atom. The van der Waals surface area contributed by atoms with Crippen molar-refractivity contribution in [2.45, 2.75) is 96.0 Å². The summed E-state index contributed by atoms with van der Waals surface area (Å²) in [5.74, 6) is -1.39. The lowest BCUT2D eigenvalue weighted by molar-refractivity contribution is -0.384. The summed E-state index contributed by atoms with van der Waals surface area (Å²) < 4.78 is 33.6. The summed E-state index contributed by atoms with van der Waals surface area (Å²) in [6.45, 7) is 7.03. The highest BCUT2D eigenvalue weighted by Crippen LogP contribution is 2.62. The first-order valence-electron chi connectivity index (χ1n) is 26.7. The van der Waals surface area contributed by atoms with E-state index in [1.54, 1.807) is 23.1 Å². The molecule has 402 valence electrons. The molecule has 0 saturated heterocycles. The highest BCUT2D eigenvalue weighted by Gasteiger charge is 2.66. The molecule has 1 fully saturated rings. The number of ether oxygens (including phenoxy) is 5. The first kappa shape index (κ1) is 54.4. The average Bonchev–Trinajstić information content (AvgIpc) is 3.55. The van der Waals surface area contributed by atoms with Crippen LogP contribution in [0.3, 0.4) is 0 Å². The van der Waals surface area contributed by atoms with Crippen LogP contribution in [0.15, 0.2) is 163 Å². The van der Waals surface area contributed by atoms with Crippen molar-refractivity contribution in [2.24, 2.45) is 22.9 Å². The Morgan fingerprint density at radius 2 is 1.62 bits per heavy atom. The Kier molecular flexibility index (Phi) is 18.4. The molecular weight excluding hydrogens is 977 g/mol. The van der Waals surface area contributed by atoms with E-state index >= 15 is 4.79 Å². The van der Waals surface area contributed by atoms with Crippen molar-refractivity contribution in [2.75, 3.05) is 33.0 Å². The summed E-state index contributed by atoms with van der Waals surface area (Å²) in [7, 11) is 0. The van der Waals surface area contributed by atoms with Crippen molar-refractivity contribution in [3.63, 3.8) is 0 Å². The number of non-ortho nitro benzene ring substituents is 1. The number of nitrogens with zero attached hydrogens (tertiary/aromatic N) is 4. The zero-order chi connectivity index (χ0) is 53.6. The number of hydrogen-bond donors (Lipinski definition) is 2. The van der Waals surface area contributed by atoms with Gasteiger partial charge in [-0.2, -0.15) is 0 Å². The Hall–Kier alpha value is -7.43. The van der Waals surface area contributed by atoms with Gasteiger partial charge in [-0.15, -0.1) is 6.58 Å². The Labute approximate surface area is 449 Å². The minimum absolute atomic E-state index is 0.00985. The molecule has 6 unspecified atom stereocenters. The van der Waals surface area contributed by atoms with E-state index in [-0.39, 0.29) is 82.7 Å². The number of carbonyl (C=O) groups excluding carboxylic acids is 1. The molecule has 2 heterocycles. The highest BCUT2D eigenvalue weighted by atomic mass is 16.7. The van der Waals surface area contributed by atoms with Crippen LogP contribution in [0.4, 0.5) is 10.5 Å². The molecule has 6 atom stereocenters. The molecule has 15 nitrogen and oxygen atoms in total. The number of aliphatic hydroxyl groups excluding tert-OH is 2. The number of fused-ring (bicyclic) bond motifs is 3. The van der Waals surface area contributed by atoms with Crippen LogP contribution in [0.2, 0.25) is 0 Å². The van der Waals surface area contributed by atoms with E-state index in [0.29, 0.717) is 42.2 Å². The average molecular weight is 1050 g/mol. The van der Waals surface area contributed by atoms with Gasteiger partial charge in [0.1, 0.15) is 37.4 Å². The molecule has 2 N–H and O–H groups in total. The number of nitro groups is 1. The molecule has 0 spiro atoms. The lowest BCUT2D eigenvalue weighted by Gasteiger charge is -2.59. The summed E-state index contributed by atoms with van der Waals surface area (Å²) in [4.78, 5) is 39.2. The maximum atomic E-state index is 15.4. The van der Waals surface area contributed by atoms with Crippen LogP contribution in [0.5, 0.6) is 11.5 Å². The highest BCUT2D eigenvalue weighted by molar-refractivity contribution is 6.03. The van der Waals surface area contributed by atoms with E-state index in [2.05, 4.69) is 23.7 Å². The van der Waals surface area contributed by atoms with Gasteiger partial charge in [-0.3, -0.25) is 20.0 Å². The normalized spacial score (nSPS) is 20.8. The quantitative estimate of drug-likeness (QED) is 0.0227. The number of aromatic nitrogens is 1. The van der Waals surface area contributed by atoms with Crippen molar-refractivity contribution in [1.82, 2.24) is 9.88 Å². The van der Waals surface area contributed by atoms with Gasteiger partial charge in [-0.1, -0.05) is 109 Å². The second kappa shape index (κ2) is 26.1. The molecule has 1 aromatic heterocycles. The summed E-state index contributed by atoms with van der Waals surface area (Å²) in [5, 5.41) is 38.7. The smallest absolute Gasteiger partial charge is 0.410 e. The Morgan fingerprint density at radius 3 is 2.40 bits per heavy atom. The zero-order valence-electron chi connectivity index (χ0n) is 43.6. The summed E-state index contributed by atoms with van der Waals surface area (Å²) >= 11 is 0. The second-order valence-electron chi connectivity index (χ2n) is 19.9. The summed E-state index contributed by atoms with van der Waals surface area (Å²) in [6.07, 6.45) is 7.70. The molecule has 0 radical (unpaired) electrons. The summed E-state index contributed by atoms with van der Waals surface area (Å²) in [6, 6.07) is 40.9. The zero-order valence-corrected chi connectivity index (χ0v) is 43.6. The van der Waals surface area contributed by atoms with Gasteiger partial charge >= 0.3 is 6.09 Å². The van der Waals surface area contributed by atoms with Gasteiger partial charge in [0.15, 0.2) is 0 Å². The minimum Gasteiger partial charge on any atom is -0.487 e. The van der Waals surface area contributed by atoms with Crippen molar-refractivity contribution >= 4 is 28.3 Å². The van der Waals surface area contributed by atoms with Crippen LogP contribution in [-0.4, -0.2) is 81.7 Å². The van der Waals surface area contributed by atoms with E-state index in [4.69, 9.17) is 33.7 Å². The minimum atomic E-state index is -1.58. The fourth-order valence-corrected chi connectivity index (χ4v) is 11.4. The predicted octanol–water partition coefficient (Wildman–Crippen LogP) is 11.7. The first-order chi connectivity index (χ1) is 37.7. The maximum absolute atomic E-state index is 15.4. The molecule has 5 aromatic carbocycles. The van der Waals surface area contributed by atoms with E-state index in [1.165, 1.54) is 12.1 Å². The monoisotopic (exact) mass is 1040 g/mol. The van der Waals surface area contributed by atoms with Crippen molar-refractivity contribution in [3.8, 4) is 11.5 Å². The number of carbonyl (C=O) groups is 1. The number of nitro benzene ring substituents is 1. The number of amides is 1. The van der Waals surface area contributed by atoms with E-state index in [1.807, 2.05) is 110 Å². The van der Waals surface area contributed by atoms with Gasteiger partial charge in [-0.25, -0.2) is 4.79 Å². The number of aliphatic hydroxyl groups is 2. The predicted molar refractivity (Wildman–Crippen MR) is 293 cm³/mol. The topological polar surface area (TPSA) is 185 Å². The maximum Gasteiger partial charge on any atom is 0.410 e. The first-order valence-corrected chi connectivity index (χ1v) is 26.7. The largest absolute Gasteiger partial charge is 0.487 e. The van der Waals surface area contributed by atoms with Crippen molar-refractivity contribution < 1.29 is 48.5 Å². The molecule has 1 amide bonds. The van der Waals surface area contributed by atoms with E-state index in [9.17, 15) is 20.3 Å². The number of pyridine rings is 1. The van der Waals surface area contributed by atoms with Crippen LogP contribution in [0.1, 0.15) is 84.5 Å². The fourth-order valence-electron chi connectivity index (χ4n) is 11.4. The van der Waals surface area contributed by atoms with Crippen molar-refractivity contribution in [3.05, 3.63) is 202 Å².